The van der Waals surface area contributed by atoms with E-state index in [-0.39, 0.29) is 11.2 Å². The molecular weight excluding hydrogens is 213 g/mol. The minimum absolute atomic E-state index is 0.172. The van der Waals surface area contributed by atoms with Gasteiger partial charge in [0.2, 0.25) is 0 Å². The third kappa shape index (κ3) is 1.77. The highest BCUT2D eigenvalue weighted by Crippen LogP contribution is 2.63. The molecule has 1 aliphatic carbocycles. The van der Waals surface area contributed by atoms with Crippen molar-refractivity contribution in [1.29, 1.82) is 0 Å². The lowest BCUT2D eigenvalue weighted by molar-refractivity contribution is 0.558. The van der Waals surface area contributed by atoms with Gasteiger partial charge < -0.3 is 5.73 Å². The molecule has 0 spiro atoms. The molecular formula is C12H15ClFN. The van der Waals surface area contributed by atoms with E-state index in [1.807, 2.05) is 6.07 Å². The Balaban J connectivity index is 2.32. The van der Waals surface area contributed by atoms with E-state index in [9.17, 15) is 4.39 Å². The summed E-state index contributed by atoms with van der Waals surface area (Å²) < 4.78 is 13.2. The van der Waals surface area contributed by atoms with Gasteiger partial charge in [0.1, 0.15) is 5.82 Å². The number of nitrogens with two attached hydrogens (primary N) is 1. The molecule has 1 saturated carbocycles. The van der Waals surface area contributed by atoms with Crippen LogP contribution in [0.1, 0.15) is 25.3 Å². The molecule has 2 N–H and O–H groups in total. The maximum absolute atomic E-state index is 13.2. The van der Waals surface area contributed by atoms with Gasteiger partial charge in [-0.2, -0.15) is 0 Å². The summed E-state index contributed by atoms with van der Waals surface area (Å²) in [6, 6.07) is 4.73. The lowest BCUT2D eigenvalue weighted by Crippen LogP contribution is -2.05. The third-order valence-corrected chi connectivity index (χ3v) is 3.77. The molecule has 0 amide bonds. The molecule has 2 atom stereocenters. The van der Waals surface area contributed by atoms with Crippen LogP contribution in [0.5, 0.6) is 0 Å². The number of rotatable bonds is 2. The molecule has 1 aliphatic rings. The fraction of sp³-hybridized carbons (Fsp3) is 0.500. The zero-order valence-electron chi connectivity index (χ0n) is 8.93. The second kappa shape index (κ2) is 3.46. The van der Waals surface area contributed by atoms with Crippen LogP contribution in [0.3, 0.4) is 0 Å². The van der Waals surface area contributed by atoms with Crippen molar-refractivity contribution in [3.8, 4) is 0 Å². The number of hydrogen-bond acceptors (Lipinski definition) is 1. The summed E-state index contributed by atoms with van der Waals surface area (Å²) in [4.78, 5) is 0. The number of hydrogen-bond donors (Lipinski definition) is 1. The van der Waals surface area contributed by atoms with Crippen molar-refractivity contribution in [2.24, 2.45) is 17.1 Å². The summed E-state index contributed by atoms with van der Waals surface area (Å²) in [6.45, 7) is 4.97. The van der Waals surface area contributed by atoms with Gasteiger partial charge in [-0.05, 0) is 47.6 Å². The maximum Gasteiger partial charge on any atom is 0.124 e. The predicted octanol–water partition coefficient (Wildman–Crippen LogP) is 3.18. The Kier molecular flexibility index (Phi) is 2.52. The van der Waals surface area contributed by atoms with Gasteiger partial charge in [-0.3, -0.25) is 0 Å². The molecule has 0 aromatic heterocycles. The van der Waals surface area contributed by atoms with Crippen LogP contribution in [-0.2, 0) is 0 Å². The van der Waals surface area contributed by atoms with Gasteiger partial charge in [0.05, 0.1) is 0 Å². The third-order valence-electron chi connectivity index (χ3n) is 3.55. The van der Waals surface area contributed by atoms with E-state index in [0.717, 1.165) is 5.56 Å². The summed E-state index contributed by atoms with van der Waals surface area (Å²) in [5.74, 6) is 0.516. The lowest BCUT2D eigenvalue weighted by atomic mass is 10.0. The van der Waals surface area contributed by atoms with Crippen LogP contribution in [0, 0.1) is 17.2 Å². The molecule has 0 aliphatic heterocycles. The molecule has 0 unspecified atom stereocenters. The highest BCUT2D eigenvalue weighted by atomic mass is 35.5. The Bertz CT molecular complexity index is 369. The summed E-state index contributed by atoms with van der Waals surface area (Å²) in [5, 5.41) is 0.462. The SMILES string of the molecule is CC1(C)[C@@H](CN)[C@@H]1c1cc(F)cc(Cl)c1. The Labute approximate surface area is 94.4 Å². The fourth-order valence-corrected chi connectivity index (χ4v) is 2.83. The Hall–Kier alpha value is -0.600. The van der Waals surface area contributed by atoms with Crippen molar-refractivity contribution >= 4 is 11.6 Å². The molecule has 0 heterocycles. The maximum atomic E-state index is 13.2. The van der Waals surface area contributed by atoms with Gasteiger partial charge in [-0.15, -0.1) is 0 Å². The van der Waals surface area contributed by atoms with Crippen molar-refractivity contribution < 1.29 is 4.39 Å². The summed E-state index contributed by atoms with van der Waals surface area (Å²) >= 11 is 5.83. The van der Waals surface area contributed by atoms with Crippen LogP contribution in [0.2, 0.25) is 5.02 Å². The molecule has 2 rings (SSSR count). The first kappa shape index (κ1) is 10.9. The summed E-state index contributed by atoms with van der Waals surface area (Å²) in [7, 11) is 0. The highest BCUT2D eigenvalue weighted by Gasteiger charge is 2.57. The second-order valence-electron chi connectivity index (χ2n) is 4.84. The van der Waals surface area contributed by atoms with Gasteiger partial charge in [-0.25, -0.2) is 4.39 Å². The van der Waals surface area contributed by atoms with Gasteiger partial charge in [-0.1, -0.05) is 25.4 Å². The van der Waals surface area contributed by atoms with Crippen LogP contribution in [0.4, 0.5) is 4.39 Å². The molecule has 15 heavy (non-hydrogen) atoms. The first-order valence-electron chi connectivity index (χ1n) is 5.13. The number of halogens is 2. The van der Waals surface area contributed by atoms with Gasteiger partial charge >= 0.3 is 0 Å². The number of benzene rings is 1. The monoisotopic (exact) mass is 227 g/mol. The predicted molar refractivity (Wildman–Crippen MR) is 60.5 cm³/mol. The largest absolute Gasteiger partial charge is 0.330 e. The average molecular weight is 228 g/mol. The van der Waals surface area contributed by atoms with Crippen molar-refractivity contribution in [3.63, 3.8) is 0 Å². The van der Waals surface area contributed by atoms with Crippen LogP contribution in [-0.4, -0.2) is 6.54 Å². The van der Waals surface area contributed by atoms with E-state index in [4.69, 9.17) is 17.3 Å². The van der Waals surface area contributed by atoms with Crippen LogP contribution in [0.15, 0.2) is 18.2 Å². The van der Waals surface area contributed by atoms with Crippen molar-refractivity contribution in [2.75, 3.05) is 6.54 Å². The van der Waals surface area contributed by atoms with Gasteiger partial charge in [0.15, 0.2) is 0 Å². The lowest BCUT2D eigenvalue weighted by Gasteiger charge is -2.04. The van der Waals surface area contributed by atoms with Crippen LogP contribution in [0.25, 0.3) is 0 Å². The summed E-state index contributed by atoms with van der Waals surface area (Å²) in [5.41, 5.74) is 6.83. The minimum Gasteiger partial charge on any atom is -0.330 e. The minimum atomic E-state index is -0.268. The Morgan fingerprint density at radius 2 is 2.07 bits per heavy atom. The van der Waals surface area contributed by atoms with Gasteiger partial charge in [0.25, 0.3) is 0 Å². The van der Waals surface area contributed by atoms with Crippen molar-refractivity contribution in [2.45, 2.75) is 19.8 Å². The molecule has 1 nitrogen and oxygen atoms in total. The molecule has 1 aromatic rings. The zero-order chi connectivity index (χ0) is 11.2. The first-order valence-corrected chi connectivity index (χ1v) is 5.50. The van der Waals surface area contributed by atoms with E-state index in [1.165, 1.54) is 6.07 Å². The van der Waals surface area contributed by atoms with Crippen molar-refractivity contribution in [3.05, 3.63) is 34.6 Å². The van der Waals surface area contributed by atoms with Crippen molar-refractivity contribution in [1.82, 2.24) is 0 Å². The molecule has 0 bridgehead atoms. The van der Waals surface area contributed by atoms with E-state index < -0.39 is 0 Å². The van der Waals surface area contributed by atoms with E-state index in [0.29, 0.717) is 23.4 Å². The van der Waals surface area contributed by atoms with Crippen LogP contribution < -0.4 is 5.73 Å². The average Bonchev–Trinajstić information content (AvgIpc) is 2.66. The molecule has 0 saturated heterocycles. The van der Waals surface area contributed by atoms with E-state index >= 15 is 0 Å². The highest BCUT2D eigenvalue weighted by molar-refractivity contribution is 6.30. The molecule has 0 radical (unpaired) electrons. The smallest absolute Gasteiger partial charge is 0.124 e. The second-order valence-corrected chi connectivity index (χ2v) is 5.28. The normalized spacial score (nSPS) is 27.8. The topological polar surface area (TPSA) is 26.0 Å². The molecule has 1 fully saturated rings. The molecule has 3 heteroatoms. The summed E-state index contributed by atoms with van der Waals surface area (Å²) in [6.07, 6.45) is 0. The zero-order valence-corrected chi connectivity index (χ0v) is 9.68. The Morgan fingerprint density at radius 1 is 1.40 bits per heavy atom. The molecule has 1 aromatic carbocycles. The van der Waals surface area contributed by atoms with Crippen LogP contribution >= 0.6 is 11.6 Å². The van der Waals surface area contributed by atoms with E-state index in [1.54, 1.807) is 6.07 Å². The fourth-order valence-electron chi connectivity index (χ4n) is 2.60. The van der Waals surface area contributed by atoms with E-state index in [2.05, 4.69) is 13.8 Å². The van der Waals surface area contributed by atoms with Gasteiger partial charge in [0, 0.05) is 5.02 Å². The quantitative estimate of drug-likeness (QED) is 0.825. The molecule has 82 valence electrons. The first-order chi connectivity index (χ1) is 6.96. The standard InChI is InChI=1S/C12H15ClFN/c1-12(2)10(6-15)11(12)7-3-8(13)5-9(14)4-7/h3-5,10-11H,6,15H2,1-2H3/t10-,11-/m0/s1. The Morgan fingerprint density at radius 3 is 2.53 bits per heavy atom.